The maximum Gasteiger partial charge on any atom is 0.168 e. The molecule has 0 radical (unpaired) electrons. The van der Waals surface area contributed by atoms with E-state index in [0.717, 1.165) is 53.1 Å². The molecule has 0 amide bonds. The van der Waals surface area contributed by atoms with Crippen LogP contribution in [0.4, 0.5) is 0 Å². The molecule has 0 N–H and O–H groups in total. The van der Waals surface area contributed by atoms with Crippen LogP contribution in [-0.4, -0.2) is 10.8 Å². The molecule has 3 aromatic heterocycles. The predicted octanol–water partition coefficient (Wildman–Crippen LogP) is 4.95. The number of fused-ring (bicyclic) bond motifs is 3. The quantitative estimate of drug-likeness (QED) is 0.641. The van der Waals surface area contributed by atoms with E-state index in [1.165, 1.54) is 22.2 Å². The molecule has 2 aliphatic rings. The first kappa shape index (κ1) is 13.5. The van der Waals surface area contributed by atoms with Crippen molar-refractivity contribution in [1.82, 2.24) is 4.98 Å². The second kappa shape index (κ2) is 4.78. The number of aryl methyl sites for hydroxylation is 3. The standard InChI is InChI=1S/C19H17NO2S/c1-10-15(18(21)11-7-8-11)17(13-5-3-9-22-13)16-12-4-2-6-14(12)23-19(16)20-10/h3,5,9,11H,2,4,6-8H2,1H3. The van der Waals surface area contributed by atoms with Gasteiger partial charge in [-0.25, -0.2) is 4.98 Å². The number of carbonyl (C=O) groups is 1. The number of hydrogen-bond acceptors (Lipinski definition) is 4. The summed E-state index contributed by atoms with van der Waals surface area (Å²) < 4.78 is 5.73. The number of rotatable bonds is 3. The SMILES string of the molecule is Cc1nc2sc3c(c2c(-c2ccco2)c1C(=O)C1CC1)CCC3. The number of aromatic nitrogens is 1. The van der Waals surface area contributed by atoms with Crippen molar-refractivity contribution in [1.29, 1.82) is 0 Å². The van der Waals surface area contributed by atoms with E-state index in [-0.39, 0.29) is 11.7 Å². The highest BCUT2D eigenvalue weighted by Crippen LogP contribution is 2.45. The molecule has 3 nitrogen and oxygen atoms in total. The van der Waals surface area contributed by atoms with Crippen LogP contribution in [0.5, 0.6) is 0 Å². The Balaban J connectivity index is 1.90. The van der Waals surface area contributed by atoms with Gasteiger partial charge in [-0.05, 0) is 56.7 Å². The van der Waals surface area contributed by atoms with Crippen LogP contribution in [0.25, 0.3) is 21.5 Å². The van der Waals surface area contributed by atoms with E-state index < -0.39 is 0 Å². The molecule has 3 heterocycles. The highest BCUT2D eigenvalue weighted by Gasteiger charge is 2.35. The topological polar surface area (TPSA) is 43.1 Å². The molecule has 0 unspecified atom stereocenters. The van der Waals surface area contributed by atoms with Crippen molar-refractivity contribution in [3.63, 3.8) is 0 Å². The van der Waals surface area contributed by atoms with Crippen molar-refractivity contribution in [2.24, 2.45) is 5.92 Å². The number of thiophene rings is 1. The molecular weight excluding hydrogens is 306 g/mol. The van der Waals surface area contributed by atoms with Crippen LogP contribution < -0.4 is 0 Å². The number of Topliss-reactive ketones (excluding diaryl/α,β-unsaturated/α-hetero) is 1. The Kier molecular flexibility index (Phi) is 2.80. The highest BCUT2D eigenvalue weighted by molar-refractivity contribution is 7.19. The third-order valence-electron chi connectivity index (χ3n) is 5.00. The Morgan fingerprint density at radius 1 is 1.35 bits per heavy atom. The van der Waals surface area contributed by atoms with Crippen molar-refractivity contribution < 1.29 is 9.21 Å². The van der Waals surface area contributed by atoms with Crippen LogP contribution in [-0.2, 0) is 12.8 Å². The Labute approximate surface area is 138 Å². The molecule has 5 rings (SSSR count). The molecule has 0 saturated heterocycles. The first-order chi connectivity index (χ1) is 11.2. The monoisotopic (exact) mass is 323 g/mol. The molecule has 23 heavy (non-hydrogen) atoms. The van der Waals surface area contributed by atoms with E-state index >= 15 is 0 Å². The lowest BCUT2D eigenvalue weighted by Crippen LogP contribution is -2.08. The molecule has 0 aromatic carbocycles. The van der Waals surface area contributed by atoms with Gasteiger partial charge in [0.05, 0.1) is 17.5 Å². The maximum atomic E-state index is 12.9. The molecule has 0 atom stereocenters. The van der Waals surface area contributed by atoms with Crippen molar-refractivity contribution in [2.45, 2.75) is 39.0 Å². The molecule has 0 aliphatic heterocycles. The Hall–Kier alpha value is -1.94. The van der Waals surface area contributed by atoms with Crippen LogP contribution in [0.15, 0.2) is 22.8 Å². The summed E-state index contributed by atoms with van der Waals surface area (Å²) in [6.07, 6.45) is 7.14. The highest BCUT2D eigenvalue weighted by atomic mass is 32.1. The summed E-state index contributed by atoms with van der Waals surface area (Å²) >= 11 is 1.79. The molecule has 1 fully saturated rings. The van der Waals surface area contributed by atoms with Crippen molar-refractivity contribution in [3.8, 4) is 11.3 Å². The second-order valence-electron chi connectivity index (χ2n) is 6.60. The average Bonchev–Trinajstić information content (AvgIpc) is 2.94. The lowest BCUT2D eigenvalue weighted by Gasteiger charge is -2.12. The second-order valence-corrected chi connectivity index (χ2v) is 7.68. The molecule has 3 aromatic rings. The molecule has 116 valence electrons. The lowest BCUT2D eigenvalue weighted by molar-refractivity contribution is 0.0967. The Morgan fingerprint density at radius 3 is 2.96 bits per heavy atom. The van der Waals surface area contributed by atoms with Gasteiger partial charge in [0.15, 0.2) is 5.78 Å². The molecule has 2 aliphatic carbocycles. The zero-order valence-electron chi connectivity index (χ0n) is 13.0. The van der Waals surface area contributed by atoms with Crippen molar-refractivity contribution >= 4 is 27.3 Å². The Bertz CT molecular complexity index is 932. The smallest absolute Gasteiger partial charge is 0.168 e. The number of furan rings is 1. The van der Waals surface area contributed by atoms with Gasteiger partial charge in [-0.3, -0.25) is 4.79 Å². The fourth-order valence-electron chi connectivity index (χ4n) is 3.76. The summed E-state index contributed by atoms with van der Waals surface area (Å²) in [4.78, 5) is 20.2. The molecule has 4 heteroatoms. The van der Waals surface area contributed by atoms with E-state index in [2.05, 4.69) is 0 Å². The van der Waals surface area contributed by atoms with E-state index in [4.69, 9.17) is 9.40 Å². The van der Waals surface area contributed by atoms with E-state index in [9.17, 15) is 4.79 Å². The van der Waals surface area contributed by atoms with Gasteiger partial charge in [-0.1, -0.05) is 0 Å². The number of carbonyl (C=O) groups excluding carboxylic acids is 1. The van der Waals surface area contributed by atoms with Crippen LogP contribution in [0, 0.1) is 12.8 Å². The van der Waals surface area contributed by atoms with Gasteiger partial charge in [0.1, 0.15) is 10.6 Å². The first-order valence-corrected chi connectivity index (χ1v) is 9.08. The minimum atomic E-state index is 0.188. The van der Waals surface area contributed by atoms with E-state index in [1.807, 2.05) is 19.1 Å². The minimum Gasteiger partial charge on any atom is -0.464 e. The van der Waals surface area contributed by atoms with Crippen LogP contribution in [0.2, 0.25) is 0 Å². The Morgan fingerprint density at radius 2 is 2.22 bits per heavy atom. The maximum absolute atomic E-state index is 12.9. The van der Waals surface area contributed by atoms with Gasteiger partial charge in [-0.2, -0.15) is 0 Å². The average molecular weight is 323 g/mol. The number of ketones is 1. The van der Waals surface area contributed by atoms with E-state index in [1.54, 1.807) is 17.6 Å². The molecule has 1 saturated carbocycles. The fourth-order valence-corrected chi connectivity index (χ4v) is 5.08. The third-order valence-corrected chi connectivity index (χ3v) is 6.18. The van der Waals surface area contributed by atoms with Crippen molar-refractivity contribution in [2.75, 3.05) is 0 Å². The number of nitrogens with zero attached hydrogens (tertiary/aromatic N) is 1. The van der Waals surface area contributed by atoms with E-state index in [0.29, 0.717) is 0 Å². The lowest BCUT2D eigenvalue weighted by atomic mass is 9.93. The summed E-state index contributed by atoms with van der Waals surface area (Å²) in [7, 11) is 0. The summed E-state index contributed by atoms with van der Waals surface area (Å²) in [5.41, 5.74) is 4.03. The predicted molar refractivity (Wildman–Crippen MR) is 91.1 cm³/mol. The normalized spacial score (nSPS) is 16.9. The minimum absolute atomic E-state index is 0.188. The molecule has 0 spiro atoms. The van der Waals surface area contributed by atoms with Gasteiger partial charge in [0.2, 0.25) is 0 Å². The largest absolute Gasteiger partial charge is 0.464 e. The van der Waals surface area contributed by atoms with Gasteiger partial charge in [-0.15, -0.1) is 11.3 Å². The van der Waals surface area contributed by atoms with Crippen molar-refractivity contribution in [3.05, 3.63) is 40.1 Å². The zero-order valence-corrected chi connectivity index (χ0v) is 13.8. The summed E-state index contributed by atoms with van der Waals surface area (Å²) in [5, 5.41) is 1.17. The molecular formula is C19H17NO2S. The van der Waals surface area contributed by atoms with Gasteiger partial charge in [0.25, 0.3) is 0 Å². The summed E-state index contributed by atoms with van der Waals surface area (Å²) in [6, 6.07) is 3.87. The molecule has 0 bridgehead atoms. The van der Waals surface area contributed by atoms with Crippen LogP contribution in [0.3, 0.4) is 0 Å². The third kappa shape index (κ3) is 1.94. The fraction of sp³-hybridized carbons (Fsp3) is 0.368. The van der Waals surface area contributed by atoms with Crippen LogP contribution >= 0.6 is 11.3 Å². The summed E-state index contributed by atoms with van der Waals surface area (Å²) in [5.74, 6) is 1.24. The van der Waals surface area contributed by atoms with Crippen LogP contribution in [0.1, 0.15) is 45.8 Å². The number of hydrogen-bond donors (Lipinski definition) is 0. The van der Waals surface area contributed by atoms with Gasteiger partial charge >= 0.3 is 0 Å². The van der Waals surface area contributed by atoms with Gasteiger partial charge < -0.3 is 4.42 Å². The summed E-state index contributed by atoms with van der Waals surface area (Å²) in [6.45, 7) is 1.96. The first-order valence-electron chi connectivity index (χ1n) is 8.27. The number of pyridine rings is 1. The van der Waals surface area contributed by atoms with Gasteiger partial charge in [0, 0.05) is 21.7 Å². The zero-order chi connectivity index (χ0) is 15.6.